The minimum Gasteiger partial charge on any atom is -0.350 e. The SMILES string of the molecule is CS(=O)(=O)N(CCNC(=O)c1ccccc1F)c1cccc(Cl)c1. The molecule has 0 aromatic heterocycles. The van der Waals surface area contributed by atoms with Crippen LogP contribution in [0, 0.1) is 5.82 Å². The van der Waals surface area contributed by atoms with Crippen molar-refractivity contribution in [3.8, 4) is 0 Å². The normalized spacial score (nSPS) is 11.1. The summed E-state index contributed by atoms with van der Waals surface area (Å²) in [5, 5.41) is 2.91. The van der Waals surface area contributed by atoms with E-state index >= 15 is 0 Å². The first-order chi connectivity index (χ1) is 11.3. The van der Waals surface area contributed by atoms with E-state index in [1.54, 1.807) is 24.3 Å². The van der Waals surface area contributed by atoms with Gasteiger partial charge in [-0.1, -0.05) is 29.8 Å². The lowest BCUT2D eigenvalue weighted by Gasteiger charge is -2.22. The van der Waals surface area contributed by atoms with Gasteiger partial charge in [0.2, 0.25) is 10.0 Å². The number of halogens is 2. The Morgan fingerprint density at radius 1 is 1.21 bits per heavy atom. The third-order valence-corrected chi connectivity index (χ3v) is 4.64. The molecule has 0 bridgehead atoms. The van der Waals surface area contributed by atoms with Gasteiger partial charge < -0.3 is 5.32 Å². The highest BCUT2D eigenvalue weighted by molar-refractivity contribution is 7.92. The van der Waals surface area contributed by atoms with Crippen LogP contribution >= 0.6 is 11.6 Å². The van der Waals surface area contributed by atoms with Crippen molar-refractivity contribution in [3.63, 3.8) is 0 Å². The fourth-order valence-corrected chi connectivity index (χ4v) is 3.23. The smallest absolute Gasteiger partial charge is 0.254 e. The van der Waals surface area contributed by atoms with E-state index in [9.17, 15) is 17.6 Å². The summed E-state index contributed by atoms with van der Waals surface area (Å²) >= 11 is 5.89. The second-order valence-corrected chi connectivity index (χ2v) is 7.39. The second kappa shape index (κ2) is 7.63. The molecule has 0 fully saturated rings. The molecule has 1 amide bonds. The molecular formula is C16H16ClFN2O3S. The molecule has 0 saturated heterocycles. The fourth-order valence-electron chi connectivity index (χ4n) is 2.13. The Morgan fingerprint density at radius 3 is 2.54 bits per heavy atom. The number of carbonyl (C=O) groups excluding carboxylic acids is 1. The van der Waals surface area contributed by atoms with Gasteiger partial charge in [-0.15, -0.1) is 0 Å². The number of hydrogen-bond donors (Lipinski definition) is 1. The molecular weight excluding hydrogens is 355 g/mol. The van der Waals surface area contributed by atoms with Crippen LogP contribution in [0.3, 0.4) is 0 Å². The summed E-state index contributed by atoms with van der Waals surface area (Å²) in [6.07, 6.45) is 1.06. The van der Waals surface area contributed by atoms with Crippen LogP contribution in [0.15, 0.2) is 48.5 Å². The van der Waals surface area contributed by atoms with Crippen LogP contribution in [0.2, 0.25) is 5.02 Å². The number of amides is 1. The Balaban J connectivity index is 2.07. The standard InChI is InChI=1S/C16H16ClFN2O3S/c1-24(22,23)20(13-6-4-5-12(17)11-13)10-9-19-16(21)14-7-2-3-8-15(14)18/h2-8,11H,9-10H2,1H3,(H,19,21). The first kappa shape index (κ1) is 18.2. The molecule has 0 atom stereocenters. The summed E-state index contributed by atoms with van der Waals surface area (Å²) < 4.78 is 38.6. The number of nitrogens with one attached hydrogen (secondary N) is 1. The van der Waals surface area contributed by atoms with E-state index in [2.05, 4.69) is 5.32 Å². The van der Waals surface area contributed by atoms with Gasteiger partial charge >= 0.3 is 0 Å². The summed E-state index contributed by atoms with van der Waals surface area (Å²) in [5.74, 6) is -1.24. The molecule has 0 aliphatic carbocycles. The number of nitrogens with zero attached hydrogens (tertiary/aromatic N) is 1. The Bertz CT molecular complexity index is 843. The number of carbonyl (C=O) groups is 1. The third kappa shape index (κ3) is 4.69. The minimum atomic E-state index is -3.56. The Morgan fingerprint density at radius 2 is 1.92 bits per heavy atom. The van der Waals surface area contributed by atoms with Crippen LogP contribution in [0.1, 0.15) is 10.4 Å². The van der Waals surface area contributed by atoms with E-state index in [0.717, 1.165) is 10.6 Å². The van der Waals surface area contributed by atoms with Gasteiger partial charge in [-0.3, -0.25) is 9.10 Å². The van der Waals surface area contributed by atoms with Crippen LogP contribution in [-0.2, 0) is 10.0 Å². The maximum Gasteiger partial charge on any atom is 0.254 e. The average molecular weight is 371 g/mol. The van der Waals surface area contributed by atoms with E-state index in [1.807, 2.05) is 0 Å². The van der Waals surface area contributed by atoms with Crippen molar-refractivity contribution in [2.75, 3.05) is 23.7 Å². The topological polar surface area (TPSA) is 66.5 Å². The average Bonchev–Trinajstić information content (AvgIpc) is 2.50. The third-order valence-electron chi connectivity index (χ3n) is 3.22. The number of sulfonamides is 1. The molecule has 2 aromatic rings. The van der Waals surface area contributed by atoms with Crippen molar-refractivity contribution in [2.24, 2.45) is 0 Å². The van der Waals surface area contributed by atoms with E-state index in [1.165, 1.54) is 24.3 Å². The first-order valence-corrected chi connectivity index (χ1v) is 9.27. The summed E-state index contributed by atoms with van der Waals surface area (Å²) in [7, 11) is -3.56. The molecule has 0 saturated carbocycles. The highest BCUT2D eigenvalue weighted by Gasteiger charge is 2.18. The lowest BCUT2D eigenvalue weighted by Crippen LogP contribution is -2.38. The van der Waals surface area contributed by atoms with Crippen LogP contribution in [0.5, 0.6) is 0 Å². The van der Waals surface area contributed by atoms with Gasteiger partial charge in [-0.25, -0.2) is 12.8 Å². The number of anilines is 1. The van der Waals surface area contributed by atoms with Crippen LogP contribution < -0.4 is 9.62 Å². The van der Waals surface area contributed by atoms with Crippen LogP contribution in [-0.4, -0.2) is 33.7 Å². The van der Waals surface area contributed by atoms with E-state index < -0.39 is 21.7 Å². The number of hydrogen-bond acceptors (Lipinski definition) is 3. The van der Waals surface area contributed by atoms with Gasteiger partial charge in [-0.2, -0.15) is 0 Å². The van der Waals surface area contributed by atoms with Gasteiger partial charge in [0.05, 0.1) is 24.1 Å². The fraction of sp³-hybridized carbons (Fsp3) is 0.188. The molecule has 0 aliphatic rings. The molecule has 8 heteroatoms. The van der Waals surface area contributed by atoms with Crippen molar-refractivity contribution < 1.29 is 17.6 Å². The van der Waals surface area contributed by atoms with Gasteiger partial charge in [-0.05, 0) is 30.3 Å². The monoisotopic (exact) mass is 370 g/mol. The predicted octanol–water partition coefficient (Wildman–Crippen LogP) is 2.68. The second-order valence-electron chi connectivity index (χ2n) is 5.05. The van der Waals surface area contributed by atoms with Crippen molar-refractivity contribution in [2.45, 2.75) is 0 Å². The lowest BCUT2D eigenvalue weighted by molar-refractivity contribution is 0.0951. The van der Waals surface area contributed by atoms with Crippen molar-refractivity contribution >= 4 is 33.2 Å². The lowest BCUT2D eigenvalue weighted by atomic mass is 10.2. The molecule has 5 nitrogen and oxygen atoms in total. The maximum absolute atomic E-state index is 13.5. The highest BCUT2D eigenvalue weighted by Crippen LogP contribution is 2.21. The summed E-state index contributed by atoms with van der Waals surface area (Å²) in [4.78, 5) is 11.9. The zero-order valence-electron chi connectivity index (χ0n) is 12.9. The molecule has 24 heavy (non-hydrogen) atoms. The highest BCUT2D eigenvalue weighted by atomic mass is 35.5. The van der Waals surface area contributed by atoms with Crippen molar-refractivity contribution in [1.82, 2.24) is 5.32 Å². The maximum atomic E-state index is 13.5. The molecule has 0 aliphatic heterocycles. The number of rotatable bonds is 6. The zero-order chi connectivity index (χ0) is 17.7. The van der Waals surface area contributed by atoms with Crippen LogP contribution in [0.25, 0.3) is 0 Å². The van der Waals surface area contributed by atoms with E-state index in [4.69, 9.17) is 11.6 Å². The molecule has 2 rings (SSSR count). The van der Waals surface area contributed by atoms with Gasteiger partial charge in [0.1, 0.15) is 5.82 Å². The van der Waals surface area contributed by atoms with Crippen molar-refractivity contribution in [1.29, 1.82) is 0 Å². The van der Waals surface area contributed by atoms with Gasteiger partial charge in [0.15, 0.2) is 0 Å². The molecule has 0 unspecified atom stereocenters. The largest absolute Gasteiger partial charge is 0.350 e. The van der Waals surface area contributed by atoms with Crippen molar-refractivity contribution in [3.05, 3.63) is 64.9 Å². The summed E-state index contributed by atoms with van der Waals surface area (Å²) in [6, 6.07) is 12.0. The summed E-state index contributed by atoms with van der Waals surface area (Å²) in [5.41, 5.74) is 0.302. The zero-order valence-corrected chi connectivity index (χ0v) is 14.4. The van der Waals surface area contributed by atoms with Gasteiger partial charge in [0.25, 0.3) is 5.91 Å². The first-order valence-electron chi connectivity index (χ1n) is 7.05. The number of benzene rings is 2. The molecule has 0 heterocycles. The Kier molecular flexibility index (Phi) is 5.80. The molecule has 128 valence electrons. The van der Waals surface area contributed by atoms with E-state index in [0.29, 0.717) is 10.7 Å². The molecule has 0 spiro atoms. The quantitative estimate of drug-likeness (QED) is 0.850. The Labute approximate surface area is 145 Å². The van der Waals surface area contributed by atoms with Gasteiger partial charge in [0, 0.05) is 11.6 Å². The summed E-state index contributed by atoms with van der Waals surface area (Å²) in [6.45, 7) is 0.0200. The molecule has 0 radical (unpaired) electrons. The molecule has 1 N–H and O–H groups in total. The van der Waals surface area contributed by atoms with E-state index in [-0.39, 0.29) is 18.7 Å². The predicted molar refractivity (Wildman–Crippen MR) is 92.4 cm³/mol. The minimum absolute atomic E-state index is 0.000627. The van der Waals surface area contributed by atoms with Crippen LogP contribution in [0.4, 0.5) is 10.1 Å². The Hall–Kier alpha value is -2.12. The molecule has 2 aromatic carbocycles.